The van der Waals surface area contributed by atoms with Crippen LogP contribution in [0.25, 0.3) is 0 Å². The Morgan fingerprint density at radius 3 is 3.00 bits per heavy atom. The molecule has 0 atom stereocenters. The number of carbonyl (C=O) groups is 1. The molecule has 76 valence electrons. The maximum absolute atomic E-state index is 11.4. The third-order valence-corrected chi connectivity index (χ3v) is 1.84. The summed E-state index contributed by atoms with van der Waals surface area (Å²) in [4.78, 5) is 15.4. The number of pyridine rings is 1. The molecule has 0 aliphatic rings. The van der Waals surface area contributed by atoms with Crippen LogP contribution in [-0.2, 0) is 6.54 Å². The van der Waals surface area contributed by atoms with Gasteiger partial charge in [-0.1, -0.05) is 11.2 Å². The largest absolute Gasteiger partial charge is 0.351 e. The number of nitrogens with one attached hydrogen (secondary N) is 1. The third kappa shape index (κ3) is 2.40. The predicted molar refractivity (Wildman–Crippen MR) is 51.9 cm³/mol. The summed E-state index contributed by atoms with van der Waals surface area (Å²) in [6, 6.07) is 5.21. The molecule has 0 spiro atoms. The average molecular weight is 203 g/mol. The van der Waals surface area contributed by atoms with Crippen LogP contribution in [0.2, 0.25) is 0 Å². The summed E-state index contributed by atoms with van der Waals surface area (Å²) >= 11 is 0. The van der Waals surface area contributed by atoms with Crippen LogP contribution in [0.5, 0.6) is 0 Å². The maximum atomic E-state index is 11.4. The van der Waals surface area contributed by atoms with Crippen molar-refractivity contribution in [1.82, 2.24) is 15.5 Å². The summed E-state index contributed by atoms with van der Waals surface area (Å²) in [5, 5.41) is 6.14. The van der Waals surface area contributed by atoms with Gasteiger partial charge in [0, 0.05) is 25.0 Å². The van der Waals surface area contributed by atoms with Gasteiger partial charge in [-0.25, -0.2) is 0 Å². The van der Waals surface area contributed by atoms with Crippen molar-refractivity contribution >= 4 is 5.91 Å². The molecule has 1 amide bonds. The Labute approximate surface area is 86.1 Å². The van der Waals surface area contributed by atoms with Gasteiger partial charge in [0.05, 0.1) is 6.20 Å². The van der Waals surface area contributed by atoms with E-state index in [2.05, 4.69) is 15.5 Å². The van der Waals surface area contributed by atoms with Crippen LogP contribution >= 0.6 is 0 Å². The van der Waals surface area contributed by atoms with Gasteiger partial charge < -0.3 is 9.84 Å². The number of carbonyl (C=O) groups excluding carboxylic acids is 1. The molecule has 2 rings (SSSR count). The number of amides is 1. The molecule has 0 saturated carbocycles. The van der Waals surface area contributed by atoms with Crippen molar-refractivity contribution in [2.75, 3.05) is 0 Å². The molecule has 1 N–H and O–H groups in total. The zero-order chi connectivity index (χ0) is 10.5. The van der Waals surface area contributed by atoms with Crippen LogP contribution in [0.4, 0.5) is 0 Å². The second-order valence-corrected chi connectivity index (χ2v) is 2.92. The first-order valence-corrected chi connectivity index (χ1v) is 4.44. The Balaban J connectivity index is 1.92. The van der Waals surface area contributed by atoms with Gasteiger partial charge in [0.1, 0.15) is 0 Å². The van der Waals surface area contributed by atoms with Gasteiger partial charge in [0.25, 0.3) is 5.91 Å². The van der Waals surface area contributed by atoms with Crippen molar-refractivity contribution in [2.45, 2.75) is 6.54 Å². The number of nitrogens with zero attached hydrogens (tertiary/aromatic N) is 2. The van der Waals surface area contributed by atoms with Crippen LogP contribution in [0.1, 0.15) is 16.1 Å². The highest BCUT2D eigenvalue weighted by Gasteiger charge is 2.08. The number of rotatable bonds is 3. The van der Waals surface area contributed by atoms with E-state index >= 15 is 0 Å². The average Bonchev–Trinajstić information content (AvgIpc) is 2.81. The van der Waals surface area contributed by atoms with Gasteiger partial charge in [-0.3, -0.25) is 9.78 Å². The van der Waals surface area contributed by atoms with Crippen LogP contribution in [0, 0.1) is 0 Å². The molecule has 2 aromatic heterocycles. The van der Waals surface area contributed by atoms with Gasteiger partial charge in [0.15, 0.2) is 0 Å². The lowest BCUT2D eigenvalue weighted by molar-refractivity contribution is 0.0914. The predicted octanol–water partition coefficient (Wildman–Crippen LogP) is 1.000. The molecule has 2 aromatic rings. The van der Waals surface area contributed by atoms with Crippen molar-refractivity contribution in [2.24, 2.45) is 0 Å². The smallest absolute Gasteiger partial charge is 0.290 e. The van der Waals surface area contributed by atoms with Crippen LogP contribution < -0.4 is 5.32 Å². The molecular formula is C10H9N3O2. The first-order chi connectivity index (χ1) is 7.36. The maximum Gasteiger partial charge on any atom is 0.290 e. The molecule has 0 aromatic carbocycles. The van der Waals surface area contributed by atoms with Crippen molar-refractivity contribution in [3.8, 4) is 0 Å². The summed E-state index contributed by atoms with van der Waals surface area (Å²) < 4.78 is 4.71. The van der Waals surface area contributed by atoms with Crippen molar-refractivity contribution in [3.63, 3.8) is 0 Å². The molecule has 0 aliphatic carbocycles. The Hall–Kier alpha value is -2.17. The number of aromatic nitrogens is 2. The quantitative estimate of drug-likeness (QED) is 0.808. The van der Waals surface area contributed by atoms with E-state index < -0.39 is 0 Å². The summed E-state index contributed by atoms with van der Waals surface area (Å²) in [7, 11) is 0. The minimum absolute atomic E-state index is 0.207. The molecule has 0 unspecified atom stereocenters. The van der Waals surface area contributed by atoms with Crippen molar-refractivity contribution < 1.29 is 9.32 Å². The lowest BCUT2D eigenvalue weighted by Gasteiger charge is -2.01. The molecule has 0 bridgehead atoms. The number of hydrogen-bond donors (Lipinski definition) is 1. The van der Waals surface area contributed by atoms with Gasteiger partial charge in [0.2, 0.25) is 5.76 Å². The molecule has 0 aliphatic heterocycles. The highest BCUT2D eigenvalue weighted by molar-refractivity contribution is 5.91. The molecule has 0 fully saturated rings. The molecule has 2 heterocycles. The Kier molecular flexibility index (Phi) is 2.73. The standard InChI is InChI=1S/C10H9N3O2/c14-10(9-3-5-13-15-9)12-7-8-2-1-4-11-6-8/h1-6H,7H2,(H,12,14). The highest BCUT2D eigenvalue weighted by atomic mass is 16.5. The third-order valence-electron chi connectivity index (χ3n) is 1.84. The van der Waals surface area contributed by atoms with E-state index in [0.29, 0.717) is 6.54 Å². The zero-order valence-corrected chi connectivity index (χ0v) is 7.88. The Morgan fingerprint density at radius 2 is 2.33 bits per heavy atom. The van der Waals surface area contributed by atoms with Crippen LogP contribution in [0.3, 0.4) is 0 Å². The summed E-state index contributed by atoms with van der Waals surface area (Å²) in [5.41, 5.74) is 0.936. The van der Waals surface area contributed by atoms with E-state index in [1.807, 2.05) is 12.1 Å². The SMILES string of the molecule is O=C(NCc1cccnc1)c1ccno1. The Morgan fingerprint density at radius 1 is 1.40 bits per heavy atom. The first kappa shape index (κ1) is 9.39. The topological polar surface area (TPSA) is 68.0 Å². The first-order valence-electron chi connectivity index (χ1n) is 4.44. The van der Waals surface area contributed by atoms with Gasteiger partial charge in [-0.05, 0) is 11.6 Å². The fourth-order valence-electron chi connectivity index (χ4n) is 1.11. The Bertz CT molecular complexity index is 425. The monoisotopic (exact) mass is 203 g/mol. The molecule has 5 heteroatoms. The van der Waals surface area contributed by atoms with Gasteiger partial charge in [-0.2, -0.15) is 0 Å². The summed E-state index contributed by atoms with van der Waals surface area (Å²) in [6.45, 7) is 0.424. The zero-order valence-electron chi connectivity index (χ0n) is 7.88. The highest BCUT2D eigenvalue weighted by Crippen LogP contribution is 1.98. The minimum Gasteiger partial charge on any atom is -0.351 e. The van der Waals surface area contributed by atoms with E-state index in [9.17, 15) is 4.79 Å². The van der Waals surface area contributed by atoms with E-state index in [0.717, 1.165) is 5.56 Å². The molecule has 15 heavy (non-hydrogen) atoms. The van der Waals surface area contributed by atoms with E-state index in [4.69, 9.17) is 4.52 Å². The summed E-state index contributed by atoms with van der Waals surface area (Å²) in [6.07, 6.45) is 4.81. The lowest BCUT2D eigenvalue weighted by atomic mass is 10.3. The molecule has 0 radical (unpaired) electrons. The van der Waals surface area contributed by atoms with Gasteiger partial charge in [-0.15, -0.1) is 0 Å². The minimum atomic E-state index is -0.281. The van der Waals surface area contributed by atoms with E-state index in [1.54, 1.807) is 12.4 Å². The molecular weight excluding hydrogens is 194 g/mol. The van der Waals surface area contributed by atoms with E-state index in [1.165, 1.54) is 12.3 Å². The van der Waals surface area contributed by atoms with Gasteiger partial charge >= 0.3 is 0 Å². The number of hydrogen-bond acceptors (Lipinski definition) is 4. The second kappa shape index (κ2) is 4.36. The fraction of sp³-hybridized carbons (Fsp3) is 0.100. The van der Waals surface area contributed by atoms with E-state index in [-0.39, 0.29) is 11.7 Å². The summed E-state index contributed by atoms with van der Waals surface area (Å²) in [5.74, 6) is -0.0738. The molecule has 0 saturated heterocycles. The normalized spacial score (nSPS) is 9.87. The van der Waals surface area contributed by atoms with Crippen molar-refractivity contribution in [1.29, 1.82) is 0 Å². The molecule has 5 nitrogen and oxygen atoms in total. The second-order valence-electron chi connectivity index (χ2n) is 2.92. The van der Waals surface area contributed by atoms with Crippen LogP contribution in [-0.4, -0.2) is 16.0 Å². The van der Waals surface area contributed by atoms with Crippen molar-refractivity contribution in [3.05, 3.63) is 48.1 Å². The van der Waals surface area contributed by atoms with Crippen LogP contribution in [0.15, 0.2) is 41.3 Å². The lowest BCUT2D eigenvalue weighted by Crippen LogP contribution is -2.22. The fourth-order valence-corrected chi connectivity index (χ4v) is 1.11.